The Bertz CT molecular complexity index is 805. The number of rotatable bonds is 16. The first-order chi connectivity index (χ1) is 19.3. The summed E-state index contributed by atoms with van der Waals surface area (Å²) in [6.07, 6.45) is 29.0. The highest BCUT2D eigenvalue weighted by Gasteiger charge is 2.60. The van der Waals surface area contributed by atoms with Crippen LogP contribution in [0.1, 0.15) is 175 Å². The van der Waals surface area contributed by atoms with Crippen molar-refractivity contribution < 1.29 is 14.3 Å². The molecule has 0 heterocycles. The molecule has 4 saturated carbocycles. The van der Waals surface area contributed by atoms with Gasteiger partial charge in [0.05, 0.1) is 0 Å². The zero-order valence-corrected chi connectivity index (χ0v) is 27.0. The van der Waals surface area contributed by atoms with Gasteiger partial charge in [0.25, 0.3) is 0 Å². The Morgan fingerprint density at radius 1 is 0.675 bits per heavy atom. The lowest BCUT2D eigenvalue weighted by molar-refractivity contribution is -0.163. The van der Waals surface area contributed by atoms with E-state index in [9.17, 15) is 9.59 Å². The molecule has 4 aliphatic carbocycles. The molecule has 0 aromatic carbocycles. The van der Waals surface area contributed by atoms with Crippen LogP contribution in [0.2, 0.25) is 0 Å². The van der Waals surface area contributed by atoms with Crippen molar-refractivity contribution in [1.29, 1.82) is 0 Å². The molecular weight excluding hydrogens is 492 g/mol. The lowest BCUT2D eigenvalue weighted by atomic mass is 9.44. The summed E-state index contributed by atoms with van der Waals surface area (Å²) >= 11 is 0. The first-order valence-corrected chi connectivity index (χ1v) is 18.0. The fourth-order valence-electron chi connectivity index (χ4n) is 10.5. The Morgan fingerprint density at radius 2 is 1.25 bits per heavy atom. The molecule has 0 saturated heterocycles. The number of carbonyl (C=O) groups excluding carboxylic acids is 2. The maximum Gasteiger partial charge on any atom is 0.306 e. The summed E-state index contributed by atoms with van der Waals surface area (Å²) in [6.45, 7) is 9.16. The van der Waals surface area contributed by atoms with Gasteiger partial charge in [-0.05, 0) is 106 Å². The van der Waals surface area contributed by atoms with Gasteiger partial charge in [-0.1, -0.05) is 97.8 Å². The summed E-state index contributed by atoms with van der Waals surface area (Å²) in [4.78, 5) is 25.1. The normalized spacial score (nSPS) is 36.9. The van der Waals surface area contributed by atoms with E-state index in [1.165, 1.54) is 116 Å². The van der Waals surface area contributed by atoms with Gasteiger partial charge in [0, 0.05) is 12.3 Å². The van der Waals surface area contributed by atoms with Crippen molar-refractivity contribution in [3.63, 3.8) is 0 Å². The third-order valence-electron chi connectivity index (χ3n) is 12.9. The van der Waals surface area contributed by atoms with E-state index in [1.54, 1.807) is 0 Å². The molecule has 3 unspecified atom stereocenters. The van der Waals surface area contributed by atoms with E-state index in [4.69, 9.17) is 4.74 Å². The fourth-order valence-corrected chi connectivity index (χ4v) is 10.5. The second-order valence-electron chi connectivity index (χ2n) is 15.3. The van der Waals surface area contributed by atoms with Crippen LogP contribution in [0.5, 0.6) is 0 Å². The number of ether oxygens (including phenoxy) is 1. The molecule has 0 aromatic rings. The van der Waals surface area contributed by atoms with Crippen LogP contribution < -0.4 is 0 Å². The molecule has 8 atom stereocenters. The molecule has 3 heteroatoms. The number of fused-ring (bicyclic) bond motifs is 5. The summed E-state index contributed by atoms with van der Waals surface area (Å²) in [6, 6.07) is 0. The highest BCUT2D eigenvalue weighted by molar-refractivity contribution is 5.79. The third kappa shape index (κ3) is 7.55. The van der Waals surface area contributed by atoms with Gasteiger partial charge in [0.15, 0.2) is 0 Å². The second-order valence-corrected chi connectivity index (χ2v) is 15.3. The number of unbranched alkanes of at least 4 members (excludes halogenated alkanes) is 12. The molecule has 0 N–H and O–H groups in total. The maximum absolute atomic E-state index is 12.7. The number of Topliss-reactive ketones (excluding diaryl/α,β-unsaturated/α-hetero) is 1. The van der Waals surface area contributed by atoms with Gasteiger partial charge in [0.2, 0.25) is 0 Å². The maximum atomic E-state index is 12.7. The summed E-state index contributed by atoms with van der Waals surface area (Å²) in [5, 5.41) is 0. The quantitative estimate of drug-likeness (QED) is 0.140. The SMILES string of the molecule is CCCCCCCCCCCCCCCC(=O)O[C@@H]1CC[C@]2(C)C3CC[C@@]4(C)C(CC[C@@H]4C(C)=O)C3CC[C@H]2C1. The highest BCUT2D eigenvalue weighted by atomic mass is 16.5. The van der Waals surface area contributed by atoms with Gasteiger partial charge in [-0.25, -0.2) is 0 Å². The first-order valence-electron chi connectivity index (χ1n) is 18.0. The molecule has 230 valence electrons. The molecule has 3 nitrogen and oxygen atoms in total. The summed E-state index contributed by atoms with van der Waals surface area (Å²) < 4.78 is 6.08. The number of hydrogen-bond donors (Lipinski definition) is 0. The van der Waals surface area contributed by atoms with Crippen LogP contribution in [0, 0.1) is 40.4 Å². The van der Waals surface area contributed by atoms with E-state index in [2.05, 4.69) is 20.8 Å². The highest BCUT2D eigenvalue weighted by Crippen LogP contribution is 2.67. The van der Waals surface area contributed by atoms with Crippen LogP contribution in [0.15, 0.2) is 0 Å². The lowest BCUT2D eigenvalue weighted by Gasteiger charge is -2.61. The molecule has 4 rings (SSSR count). The van der Waals surface area contributed by atoms with Gasteiger partial charge in [-0.15, -0.1) is 0 Å². The molecule has 0 spiro atoms. The van der Waals surface area contributed by atoms with Crippen LogP contribution in [-0.2, 0) is 14.3 Å². The summed E-state index contributed by atoms with van der Waals surface area (Å²) in [5.41, 5.74) is 0.646. The minimum Gasteiger partial charge on any atom is -0.462 e. The number of ketones is 1. The largest absolute Gasteiger partial charge is 0.462 e. The molecular formula is C37H64O3. The number of carbonyl (C=O) groups is 2. The minimum atomic E-state index is 0.0556. The topological polar surface area (TPSA) is 43.4 Å². The average molecular weight is 557 g/mol. The molecule has 0 bridgehead atoms. The first kappa shape index (κ1) is 32.1. The number of hydrogen-bond acceptors (Lipinski definition) is 3. The second kappa shape index (κ2) is 15.0. The Morgan fingerprint density at radius 3 is 1.88 bits per heavy atom. The van der Waals surface area contributed by atoms with Crippen LogP contribution >= 0.6 is 0 Å². The van der Waals surface area contributed by atoms with Gasteiger partial charge < -0.3 is 4.74 Å². The Balaban J connectivity index is 1.10. The van der Waals surface area contributed by atoms with Crippen LogP contribution in [0.4, 0.5) is 0 Å². The van der Waals surface area contributed by atoms with E-state index in [0.29, 0.717) is 29.5 Å². The molecule has 0 amide bonds. The van der Waals surface area contributed by atoms with Crippen LogP contribution in [0.3, 0.4) is 0 Å². The zero-order chi connectivity index (χ0) is 28.6. The average Bonchev–Trinajstić information content (AvgIpc) is 3.29. The van der Waals surface area contributed by atoms with Gasteiger partial charge in [-0.3, -0.25) is 9.59 Å². The lowest BCUT2D eigenvalue weighted by Crippen LogP contribution is -2.54. The van der Waals surface area contributed by atoms with Gasteiger partial charge >= 0.3 is 5.97 Å². The number of esters is 1. The summed E-state index contributed by atoms with van der Waals surface area (Å²) in [5.74, 6) is 3.84. The Labute approximate surface area is 247 Å². The van der Waals surface area contributed by atoms with Crippen molar-refractivity contribution in [3.8, 4) is 0 Å². The van der Waals surface area contributed by atoms with Crippen molar-refractivity contribution >= 4 is 11.8 Å². The van der Waals surface area contributed by atoms with E-state index < -0.39 is 0 Å². The van der Waals surface area contributed by atoms with E-state index >= 15 is 0 Å². The van der Waals surface area contributed by atoms with Crippen molar-refractivity contribution in [3.05, 3.63) is 0 Å². The predicted octanol–water partition coefficient (Wildman–Crippen LogP) is 10.6. The Hall–Kier alpha value is -0.860. The molecule has 4 aliphatic rings. The molecule has 40 heavy (non-hydrogen) atoms. The third-order valence-corrected chi connectivity index (χ3v) is 12.9. The van der Waals surface area contributed by atoms with E-state index in [-0.39, 0.29) is 17.5 Å². The predicted molar refractivity (Wildman–Crippen MR) is 166 cm³/mol. The van der Waals surface area contributed by atoms with Crippen molar-refractivity contribution in [2.75, 3.05) is 0 Å². The molecule has 4 fully saturated rings. The Kier molecular flexibility index (Phi) is 12.1. The molecule has 0 radical (unpaired) electrons. The zero-order valence-electron chi connectivity index (χ0n) is 27.0. The van der Waals surface area contributed by atoms with Gasteiger partial charge in [-0.2, -0.15) is 0 Å². The standard InChI is InChI=1S/C37H64O3/c1-5-6-7-8-9-10-11-12-13-14-15-16-17-18-35(39)40-30-23-25-36(3)29(27-30)19-20-31-33-22-21-32(28(2)38)37(33,4)26-24-34(31)36/h29-34H,5-27H2,1-4H3/t29-,30+,31?,32+,33?,34?,36-,37+/m0/s1. The van der Waals surface area contributed by atoms with E-state index in [0.717, 1.165) is 43.4 Å². The van der Waals surface area contributed by atoms with E-state index in [1.807, 2.05) is 6.92 Å². The molecule has 0 aromatic heterocycles. The molecule has 0 aliphatic heterocycles. The van der Waals surface area contributed by atoms with Crippen molar-refractivity contribution in [2.45, 2.75) is 181 Å². The van der Waals surface area contributed by atoms with Gasteiger partial charge in [0.1, 0.15) is 11.9 Å². The van der Waals surface area contributed by atoms with Crippen LogP contribution in [-0.4, -0.2) is 17.9 Å². The fraction of sp³-hybridized carbons (Fsp3) is 0.946. The van der Waals surface area contributed by atoms with Crippen LogP contribution in [0.25, 0.3) is 0 Å². The summed E-state index contributed by atoms with van der Waals surface area (Å²) in [7, 11) is 0. The smallest absolute Gasteiger partial charge is 0.306 e. The monoisotopic (exact) mass is 556 g/mol. The van der Waals surface area contributed by atoms with Crippen molar-refractivity contribution in [2.24, 2.45) is 40.4 Å². The van der Waals surface area contributed by atoms with Crippen molar-refractivity contribution in [1.82, 2.24) is 0 Å². The minimum absolute atomic E-state index is 0.0556.